The standard InChI is InChI=1S/C17H26O3/c1-13(2)12-19-10-11-20-16(18)14-6-8-15(9-7-14)17(3,4)5/h6-9,13H,10-12H2,1-5H3. The van der Waals surface area contributed by atoms with E-state index in [9.17, 15) is 4.79 Å². The molecule has 0 saturated heterocycles. The lowest BCUT2D eigenvalue weighted by Gasteiger charge is -2.18. The Balaban J connectivity index is 2.40. The number of carbonyl (C=O) groups excluding carboxylic acids is 1. The van der Waals surface area contributed by atoms with Crippen molar-refractivity contribution in [2.45, 2.75) is 40.0 Å². The molecule has 0 spiro atoms. The number of benzene rings is 1. The van der Waals surface area contributed by atoms with Crippen LogP contribution in [-0.2, 0) is 14.9 Å². The van der Waals surface area contributed by atoms with Gasteiger partial charge in [-0.2, -0.15) is 0 Å². The summed E-state index contributed by atoms with van der Waals surface area (Å²) in [5.74, 6) is 0.203. The van der Waals surface area contributed by atoms with E-state index >= 15 is 0 Å². The Labute approximate surface area is 122 Å². The van der Waals surface area contributed by atoms with Crippen molar-refractivity contribution in [1.29, 1.82) is 0 Å². The Morgan fingerprint density at radius 1 is 1.10 bits per heavy atom. The number of ether oxygens (including phenoxy) is 2. The Morgan fingerprint density at radius 3 is 2.20 bits per heavy atom. The second-order valence-electron chi connectivity index (χ2n) is 6.43. The summed E-state index contributed by atoms with van der Waals surface area (Å²) in [6, 6.07) is 7.59. The summed E-state index contributed by atoms with van der Waals surface area (Å²) in [6.45, 7) is 12.0. The van der Waals surface area contributed by atoms with Crippen molar-refractivity contribution in [1.82, 2.24) is 0 Å². The van der Waals surface area contributed by atoms with Gasteiger partial charge in [0.15, 0.2) is 0 Å². The molecular formula is C17H26O3. The molecule has 0 amide bonds. The Bertz CT molecular complexity index is 413. The number of hydrogen-bond acceptors (Lipinski definition) is 3. The first-order valence-electron chi connectivity index (χ1n) is 7.16. The summed E-state index contributed by atoms with van der Waals surface area (Å²) >= 11 is 0. The van der Waals surface area contributed by atoms with Gasteiger partial charge in [0.25, 0.3) is 0 Å². The van der Waals surface area contributed by atoms with E-state index < -0.39 is 0 Å². The number of hydrogen-bond donors (Lipinski definition) is 0. The van der Waals surface area contributed by atoms with Gasteiger partial charge >= 0.3 is 5.97 Å². The highest BCUT2D eigenvalue weighted by atomic mass is 16.6. The fourth-order valence-corrected chi connectivity index (χ4v) is 1.70. The second-order valence-corrected chi connectivity index (χ2v) is 6.43. The number of carbonyl (C=O) groups is 1. The Kier molecular flexibility index (Phi) is 6.21. The molecule has 0 aliphatic carbocycles. The van der Waals surface area contributed by atoms with Crippen LogP contribution in [0.25, 0.3) is 0 Å². The van der Waals surface area contributed by atoms with E-state index in [-0.39, 0.29) is 11.4 Å². The first-order valence-corrected chi connectivity index (χ1v) is 7.16. The van der Waals surface area contributed by atoms with Crippen molar-refractivity contribution in [3.05, 3.63) is 35.4 Å². The average Bonchev–Trinajstić information content (AvgIpc) is 2.37. The van der Waals surface area contributed by atoms with E-state index in [2.05, 4.69) is 34.6 Å². The fourth-order valence-electron chi connectivity index (χ4n) is 1.70. The minimum atomic E-state index is -0.293. The lowest BCUT2D eigenvalue weighted by atomic mass is 9.87. The Morgan fingerprint density at radius 2 is 1.70 bits per heavy atom. The molecule has 1 aromatic rings. The highest BCUT2D eigenvalue weighted by molar-refractivity contribution is 5.89. The highest BCUT2D eigenvalue weighted by Crippen LogP contribution is 2.22. The predicted octanol–water partition coefficient (Wildman–Crippen LogP) is 3.81. The molecule has 0 N–H and O–H groups in total. The number of esters is 1. The lowest BCUT2D eigenvalue weighted by Crippen LogP contribution is -2.14. The molecule has 0 aliphatic rings. The third-order valence-electron chi connectivity index (χ3n) is 2.90. The molecule has 1 aromatic carbocycles. The quantitative estimate of drug-likeness (QED) is 0.586. The zero-order valence-electron chi connectivity index (χ0n) is 13.2. The molecule has 0 saturated carbocycles. The van der Waals surface area contributed by atoms with Gasteiger partial charge < -0.3 is 9.47 Å². The van der Waals surface area contributed by atoms with Crippen LogP contribution in [0.1, 0.15) is 50.5 Å². The molecule has 0 unspecified atom stereocenters. The van der Waals surface area contributed by atoms with Crippen LogP contribution in [0.15, 0.2) is 24.3 Å². The van der Waals surface area contributed by atoms with Crippen LogP contribution in [0.3, 0.4) is 0 Å². The molecule has 20 heavy (non-hydrogen) atoms. The molecule has 0 heterocycles. The second kappa shape index (κ2) is 7.44. The van der Waals surface area contributed by atoms with Gasteiger partial charge in [0.2, 0.25) is 0 Å². The molecule has 0 aliphatic heterocycles. The minimum Gasteiger partial charge on any atom is -0.460 e. The first kappa shape index (κ1) is 16.7. The van der Waals surface area contributed by atoms with E-state index in [4.69, 9.17) is 9.47 Å². The van der Waals surface area contributed by atoms with Gasteiger partial charge in [-0.1, -0.05) is 46.8 Å². The summed E-state index contributed by atoms with van der Waals surface area (Å²) in [5.41, 5.74) is 1.88. The summed E-state index contributed by atoms with van der Waals surface area (Å²) in [7, 11) is 0. The first-order chi connectivity index (χ1) is 9.30. The van der Waals surface area contributed by atoms with Crippen LogP contribution in [-0.4, -0.2) is 25.8 Å². The lowest BCUT2D eigenvalue weighted by molar-refractivity contribution is 0.0277. The minimum absolute atomic E-state index is 0.0904. The molecule has 3 heteroatoms. The van der Waals surface area contributed by atoms with Gasteiger partial charge in [0, 0.05) is 6.61 Å². The molecule has 0 aromatic heterocycles. The topological polar surface area (TPSA) is 35.5 Å². The maximum absolute atomic E-state index is 11.8. The molecule has 0 atom stereocenters. The van der Waals surface area contributed by atoms with Gasteiger partial charge in [-0.15, -0.1) is 0 Å². The van der Waals surface area contributed by atoms with Gasteiger partial charge in [-0.25, -0.2) is 4.79 Å². The smallest absolute Gasteiger partial charge is 0.338 e. The van der Waals surface area contributed by atoms with E-state index in [1.807, 2.05) is 24.3 Å². The van der Waals surface area contributed by atoms with Crippen molar-refractivity contribution >= 4 is 5.97 Å². The van der Waals surface area contributed by atoms with Crippen molar-refractivity contribution in [2.75, 3.05) is 19.8 Å². The van der Waals surface area contributed by atoms with Crippen LogP contribution < -0.4 is 0 Å². The normalized spacial score (nSPS) is 11.7. The van der Waals surface area contributed by atoms with E-state index in [0.29, 0.717) is 31.3 Å². The van der Waals surface area contributed by atoms with Crippen molar-refractivity contribution in [3.63, 3.8) is 0 Å². The number of rotatable bonds is 6. The van der Waals surface area contributed by atoms with Gasteiger partial charge in [0.1, 0.15) is 6.61 Å². The maximum Gasteiger partial charge on any atom is 0.338 e. The predicted molar refractivity (Wildman–Crippen MR) is 81.1 cm³/mol. The monoisotopic (exact) mass is 278 g/mol. The van der Waals surface area contributed by atoms with Gasteiger partial charge in [0.05, 0.1) is 12.2 Å². The highest BCUT2D eigenvalue weighted by Gasteiger charge is 2.14. The van der Waals surface area contributed by atoms with E-state index in [1.165, 1.54) is 5.56 Å². The zero-order chi connectivity index (χ0) is 15.2. The van der Waals surface area contributed by atoms with E-state index in [1.54, 1.807) is 0 Å². The van der Waals surface area contributed by atoms with Crippen LogP contribution in [0.4, 0.5) is 0 Å². The van der Waals surface area contributed by atoms with Crippen LogP contribution in [0, 0.1) is 5.92 Å². The summed E-state index contributed by atoms with van der Waals surface area (Å²) in [5, 5.41) is 0. The third-order valence-corrected chi connectivity index (χ3v) is 2.90. The van der Waals surface area contributed by atoms with Crippen molar-refractivity contribution in [3.8, 4) is 0 Å². The van der Waals surface area contributed by atoms with E-state index in [0.717, 1.165) is 0 Å². The molecule has 3 nitrogen and oxygen atoms in total. The fraction of sp³-hybridized carbons (Fsp3) is 0.588. The van der Waals surface area contributed by atoms with Crippen molar-refractivity contribution in [2.24, 2.45) is 5.92 Å². The Hall–Kier alpha value is -1.35. The van der Waals surface area contributed by atoms with Gasteiger partial charge in [-0.05, 0) is 29.0 Å². The zero-order valence-corrected chi connectivity index (χ0v) is 13.2. The maximum atomic E-state index is 11.8. The summed E-state index contributed by atoms with van der Waals surface area (Å²) in [4.78, 5) is 11.8. The third kappa shape index (κ3) is 5.74. The molecule has 0 radical (unpaired) electrons. The van der Waals surface area contributed by atoms with Gasteiger partial charge in [-0.3, -0.25) is 0 Å². The largest absolute Gasteiger partial charge is 0.460 e. The molecule has 0 fully saturated rings. The van der Waals surface area contributed by atoms with Crippen molar-refractivity contribution < 1.29 is 14.3 Å². The van der Waals surface area contributed by atoms with Crippen LogP contribution >= 0.6 is 0 Å². The summed E-state index contributed by atoms with van der Waals surface area (Å²) in [6.07, 6.45) is 0. The summed E-state index contributed by atoms with van der Waals surface area (Å²) < 4.78 is 10.5. The molecule has 0 bridgehead atoms. The average molecular weight is 278 g/mol. The van der Waals surface area contributed by atoms with Crippen LogP contribution in [0.2, 0.25) is 0 Å². The SMILES string of the molecule is CC(C)COCCOC(=O)c1ccc(C(C)(C)C)cc1. The van der Waals surface area contributed by atoms with Crippen LogP contribution in [0.5, 0.6) is 0 Å². The molecule has 1 rings (SSSR count). The molecule has 112 valence electrons. The molecular weight excluding hydrogens is 252 g/mol.